The number of esters is 2. The van der Waals surface area contributed by atoms with E-state index in [1.165, 1.54) is 7.11 Å². The van der Waals surface area contributed by atoms with E-state index in [0.29, 0.717) is 35.6 Å². The monoisotopic (exact) mass is 501 g/mol. The summed E-state index contributed by atoms with van der Waals surface area (Å²) in [6.45, 7) is 8.67. The second kappa shape index (κ2) is 12.3. The lowest BCUT2D eigenvalue weighted by atomic mass is 9.69. The van der Waals surface area contributed by atoms with Crippen LogP contribution in [0.5, 0.6) is 5.75 Å². The largest absolute Gasteiger partial charge is 0.494 e. The average Bonchev–Trinajstić information content (AvgIpc) is 2.84. The number of ketones is 1. The van der Waals surface area contributed by atoms with Crippen LogP contribution in [0, 0.1) is 11.8 Å². The number of hydrogen-bond acceptors (Lipinski definition) is 8. The van der Waals surface area contributed by atoms with Gasteiger partial charge >= 0.3 is 11.9 Å². The summed E-state index contributed by atoms with van der Waals surface area (Å²) in [5.41, 5.74) is 2.99. The molecule has 0 fully saturated rings. The molecule has 1 aliphatic heterocycles. The summed E-state index contributed by atoms with van der Waals surface area (Å²) in [6, 6.07) is 7.43. The van der Waals surface area contributed by atoms with E-state index >= 15 is 0 Å². The standard InChI is InChI=1S/C27H35NO6S/c1-6-12-33-19-10-8-18(9-11-19)23-22(27(31)34-13-14-35-7-2)17(4)28-20-15-16(3)21(26(30)32-5)25(29)24(20)23/h8-11,16,21,23,28H,6-7,12-15H2,1-5H3/t16-,21-,23+/m0/s1. The summed E-state index contributed by atoms with van der Waals surface area (Å²) in [4.78, 5) is 39.6. The van der Waals surface area contributed by atoms with Crippen molar-refractivity contribution in [2.75, 3.05) is 31.8 Å². The van der Waals surface area contributed by atoms with Crippen molar-refractivity contribution in [2.24, 2.45) is 11.8 Å². The van der Waals surface area contributed by atoms with Crippen molar-refractivity contribution < 1.29 is 28.6 Å². The van der Waals surface area contributed by atoms with Crippen LogP contribution >= 0.6 is 11.8 Å². The van der Waals surface area contributed by atoms with Crippen molar-refractivity contribution in [1.82, 2.24) is 5.32 Å². The molecule has 0 saturated carbocycles. The molecule has 0 amide bonds. The van der Waals surface area contributed by atoms with Gasteiger partial charge in [0.05, 0.1) is 19.3 Å². The van der Waals surface area contributed by atoms with Crippen molar-refractivity contribution in [3.8, 4) is 5.75 Å². The number of carbonyl (C=O) groups is 3. The van der Waals surface area contributed by atoms with Gasteiger partial charge in [-0.3, -0.25) is 9.59 Å². The Balaban J connectivity index is 2.04. The zero-order chi connectivity index (χ0) is 25.5. The number of ether oxygens (including phenoxy) is 3. The maximum Gasteiger partial charge on any atom is 0.336 e. The van der Waals surface area contributed by atoms with Crippen LogP contribution in [0.25, 0.3) is 0 Å². The molecule has 0 aromatic heterocycles. The fourth-order valence-corrected chi connectivity index (χ4v) is 5.17. The smallest absolute Gasteiger partial charge is 0.336 e. The number of dihydropyridines is 1. The van der Waals surface area contributed by atoms with Gasteiger partial charge in [-0.15, -0.1) is 0 Å². The molecule has 3 atom stereocenters. The molecule has 35 heavy (non-hydrogen) atoms. The van der Waals surface area contributed by atoms with Crippen LogP contribution in [0.4, 0.5) is 0 Å². The molecule has 8 heteroatoms. The second-order valence-electron chi connectivity index (χ2n) is 8.79. The molecule has 1 aliphatic carbocycles. The number of rotatable bonds is 10. The van der Waals surface area contributed by atoms with Gasteiger partial charge in [0, 0.05) is 28.6 Å². The van der Waals surface area contributed by atoms with E-state index in [-0.39, 0.29) is 18.3 Å². The van der Waals surface area contributed by atoms with Crippen molar-refractivity contribution >= 4 is 29.5 Å². The number of benzene rings is 1. The zero-order valence-corrected chi connectivity index (χ0v) is 22.0. The molecular weight excluding hydrogens is 466 g/mol. The van der Waals surface area contributed by atoms with Gasteiger partial charge < -0.3 is 19.5 Å². The van der Waals surface area contributed by atoms with Gasteiger partial charge in [0.1, 0.15) is 18.3 Å². The van der Waals surface area contributed by atoms with Gasteiger partial charge in [-0.05, 0) is 49.1 Å². The van der Waals surface area contributed by atoms with Crippen LogP contribution < -0.4 is 10.1 Å². The topological polar surface area (TPSA) is 90.9 Å². The Morgan fingerprint density at radius 3 is 2.49 bits per heavy atom. The molecule has 2 aliphatic rings. The van der Waals surface area contributed by atoms with Crippen molar-refractivity contribution in [3.63, 3.8) is 0 Å². The molecule has 0 bridgehead atoms. The lowest BCUT2D eigenvalue weighted by Gasteiger charge is -2.38. The number of allylic oxidation sites excluding steroid dienone is 3. The van der Waals surface area contributed by atoms with E-state index in [4.69, 9.17) is 14.2 Å². The highest BCUT2D eigenvalue weighted by atomic mass is 32.2. The Morgan fingerprint density at radius 1 is 1.14 bits per heavy atom. The van der Waals surface area contributed by atoms with Gasteiger partial charge in [-0.2, -0.15) is 11.8 Å². The fraction of sp³-hybridized carbons (Fsp3) is 0.519. The van der Waals surface area contributed by atoms with E-state index in [1.54, 1.807) is 11.8 Å². The number of Topliss-reactive ketones (excluding diaryl/α,β-unsaturated/α-hetero) is 1. The summed E-state index contributed by atoms with van der Waals surface area (Å²) < 4.78 is 16.3. The molecule has 0 unspecified atom stereocenters. The molecule has 190 valence electrons. The van der Waals surface area contributed by atoms with E-state index in [2.05, 4.69) is 12.2 Å². The quantitative estimate of drug-likeness (QED) is 0.287. The summed E-state index contributed by atoms with van der Waals surface area (Å²) in [7, 11) is 1.29. The van der Waals surface area contributed by atoms with E-state index in [0.717, 1.165) is 29.2 Å². The second-order valence-corrected chi connectivity index (χ2v) is 10.2. The van der Waals surface area contributed by atoms with Crippen LogP contribution in [0.1, 0.15) is 52.0 Å². The SMILES string of the molecule is CCCOc1ccc([C@@H]2C(C(=O)OCCSCC)=C(C)NC3=C2C(=O)[C@@H](C(=O)OC)[C@@H](C)C3)cc1. The number of nitrogens with one attached hydrogen (secondary N) is 1. The predicted octanol–water partition coefficient (Wildman–Crippen LogP) is 4.38. The van der Waals surface area contributed by atoms with Crippen LogP contribution in [0.3, 0.4) is 0 Å². The molecule has 1 heterocycles. The number of hydrogen-bond donors (Lipinski definition) is 1. The lowest BCUT2D eigenvalue weighted by Crippen LogP contribution is -2.43. The van der Waals surface area contributed by atoms with Crippen molar-refractivity contribution in [3.05, 3.63) is 52.4 Å². The third-order valence-electron chi connectivity index (χ3n) is 6.31. The first-order chi connectivity index (χ1) is 16.8. The van der Waals surface area contributed by atoms with E-state index in [1.807, 2.05) is 45.0 Å². The first-order valence-electron chi connectivity index (χ1n) is 12.1. The number of thioether (sulfide) groups is 1. The molecule has 0 spiro atoms. The minimum Gasteiger partial charge on any atom is -0.494 e. The minimum absolute atomic E-state index is 0.223. The van der Waals surface area contributed by atoms with Gasteiger partial charge in [-0.25, -0.2) is 4.79 Å². The summed E-state index contributed by atoms with van der Waals surface area (Å²) in [5.74, 6) is -0.752. The van der Waals surface area contributed by atoms with Gasteiger partial charge in [0.15, 0.2) is 5.78 Å². The highest BCUT2D eigenvalue weighted by molar-refractivity contribution is 7.99. The van der Waals surface area contributed by atoms with Crippen molar-refractivity contribution in [1.29, 1.82) is 0 Å². The molecule has 3 rings (SSSR count). The first-order valence-corrected chi connectivity index (χ1v) is 13.3. The Kier molecular flexibility index (Phi) is 9.43. The molecule has 1 aromatic carbocycles. The highest BCUT2D eigenvalue weighted by Crippen LogP contribution is 2.45. The third-order valence-corrected chi connectivity index (χ3v) is 7.18. The maximum absolute atomic E-state index is 13.7. The normalized spacial score (nSPS) is 21.9. The number of carbonyl (C=O) groups excluding carboxylic acids is 3. The van der Waals surface area contributed by atoms with Gasteiger partial charge in [0.25, 0.3) is 0 Å². The molecule has 7 nitrogen and oxygen atoms in total. The Labute approximate surface area is 211 Å². The average molecular weight is 502 g/mol. The third kappa shape index (κ3) is 5.92. The predicted molar refractivity (Wildman–Crippen MR) is 136 cm³/mol. The molecule has 1 aromatic rings. The van der Waals surface area contributed by atoms with Crippen LogP contribution in [0.2, 0.25) is 0 Å². The van der Waals surface area contributed by atoms with Gasteiger partial charge in [0.2, 0.25) is 0 Å². The molecular formula is C27H35NO6S. The van der Waals surface area contributed by atoms with E-state index in [9.17, 15) is 14.4 Å². The minimum atomic E-state index is -0.910. The summed E-state index contributed by atoms with van der Waals surface area (Å²) in [6.07, 6.45) is 1.39. The zero-order valence-electron chi connectivity index (χ0n) is 21.1. The molecule has 0 saturated heterocycles. The maximum atomic E-state index is 13.7. The van der Waals surface area contributed by atoms with Gasteiger partial charge in [-0.1, -0.05) is 32.9 Å². The molecule has 0 radical (unpaired) electrons. The summed E-state index contributed by atoms with van der Waals surface area (Å²) >= 11 is 1.69. The van der Waals surface area contributed by atoms with E-state index < -0.39 is 23.8 Å². The van der Waals surface area contributed by atoms with Crippen LogP contribution in [0.15, 0.2) is 46.8 Å². The lowest BCUT2D eigenvalue weighted by molar-refractivity contribution is -0.151. The fourth-order valence-electron chi connectivity index (χ4n) is 4.68. The van der Waals surface area contributed by atoms with Crippen LogP contribution in [-0.2, 0) is 23.9 Å². The Bertz CT molecular complexity index is 1010. The molecule has 1 N–H and O–H groups in total. The Hall–Kier alpha value is -2.74. The number of methoxy groups -OCH3 is 1. The summed E-state index contributed by atoms with van der Waals surface area (Å²) in [5, 5.41) is 3.28. The highest BCUT2D eigenvalue weighted by Gasteiger charge is 2.47. The first kappa shape index (κ1) is 26.9. The van der Waals surface area contributed by atoms with Crippen LogP contribution in [-0.4, -0.2) is 49.6 Å². The Morgan fingerprint density at radius 2 is 1.86 bits per heavy atom. The van der Waals surface area contributed by atoms with Crippen molar-refractivity contribution in [2.45, 2.75) is 46.5 Å².